The topological polar surface area (TPSA) is 196 Å². The van der Waals surface area contributed by atoms with Crippen LogP contribution in [0.2, 0.25) is 0 Å². The summed E-state index contributed by atoms with van der Waals surface area (Å²) in [6.07, 6.45) is -1.59. The SMILES string of the molecule is CC[C@@]1(OC(=O)NCCSCNC(=O)[C@H](C)NC(=O)[C@@H](NC(=O)OCC2c3ccccc3-c3ccccc32)C(C)C)C(=O)OCc2c1cc1n(c2=O)Cc2cc3ccccc3nc2-1. The maximum atomic E-state index is 13.8. The molecule has 0 saturated carbocycles. The lowest BCUT2D eigenvalue weighted by atomic mass is 9.85. The number of amides is 4. The number of hydrogen-bond donors (Lipinski definition) is 4. The van der Waals surface area contributed by atoms with Crippen molar-refractivity contribution in [2.45, 2.75) is 70.9 Å². The molecule has 2 aromatic heterocycles. The number of benzene rings is 3. The summed E-state index contributed by atoms with van der Waals surface area (Å²) in [6.45, 7) is 7.08. The van der Waals surface area contributed by atoms with Crippen molar-refractivity contribution in [2.75, 3.05) is 24.8 Å². The van der Waals surface area contributed by atoms with Gasteiger partial charge >= 0.3 is 18.2 Å². The highest BCUT2D eigenvalue weighted by atomic mass is 32.2. The van der Waals surface area contributed by atoms with E-state index in [-0.39, 0.29) is 60.6 Å². The quantitative estimate of drug-likeness (QED) is 0.0455. The summed E-state index contributed by atoms with van der Waals surface area (Å²) in [7, 11) is 0. The zero-order valence-electron chi connectivity index (χ0n) is 35.3. The average molecular weight is 873 g/mol. The fourth-order valence-electron chi connectivity index (χ4n) is 8.52. The third kappa shape index (κ3) is 8.34. The van der Waals surface area contributed by atoms with Gasteiger partial charge in [-0.1, -0.05) is 87.5 Å². The van der Waals surface area contributed by atoms with Gasteiger partial charge in [-0.25, -0.2) is 19.4 Å². The molecule has 3 aromatic carbocycles. The van der Waals surface area contributed by atoms with Crippen molar-refractivity contribution in [1.29, 1.82) is 0 Å². The number of pyridine rings is 2. The molecule has 0 unspecified atom stereocenters. The highest BCUT2D eigenvalue weighted by molar-refractivity contribution is 7.99. The number of hydrogen-bond acceptors (Lipinski definition) is 11. The first kappa shape index (κ1) is 43.0. The fraction of sp³-hybridized carbons (Fsp3) is 0.340. The average Bonchev–Trinajstić information content (AvgIpc) is 3.80. The summed E-state index contributed by atoms with van der Waals surface area (Å²) in [5.74, 6) is -1.66. The number of rotatable bonds is 14. The molecular weight excluding hydrogens is 825 g/mol. The van der Waals surface area contributed by atoms with Crippen LogP contribution in [0.15, 0.2) is 89.7 Å². The molecule has 3 aliphatic rings. The smallest absolute Gasteiger partial charge is 0.408 e. The normalized spacial score (nSPS) is 16.7. The first-order valence-electron chi connectivity index (χ1n) is 21.0. The van der Waals surface area contributed by atoms with Crippen LogP contribution < -0.4 is 26.8 Å². The Labute approximate surface area is 367 Å². The summed E-state index contributed by atoms with van der Waals surface area (Å²) in [5.41, 5.74) is 5.49. The van der Waals surface area contributed by atoms with Gasteiger partial charge in [-0.05, 0) is 59.7 Å². The van der Waals surface area contributed by atoms with Gasteiger partial charge in [0.05, 0.1) is 34.9 Å². The zero-order valence-corrected chi connectivity index (χ0v) is 36.1. The molecule has 15 nitrogen and oxygen atoms in total. The molecule has 5 aromatic rings. The number of fused-ring (bicyclic) bond motifs is 8. The molecule has 1 aliphatic carbocycles. The van der Waals surface area contributed by atoms with E-state index in [1.807, 2.05) is 78.9 Å². The molecule has 2 aliphatic heterocycles. The number of nitrogens with zero attached hydrogens (tertiary/aromatic N) is 2. The molecule has 326 valence electrons. The molecule has 4 N–H and O–H groups in total. The van der Waals surface area contributed by atoms with Crippen molar-refractivity contribution >= 4 is 52.6 Å². The van der Waals surface area contributed by atoms with Crippen molar-refractivity contribution in [3.8, 4) is 22.5 Å². The van der Waals surface area contributed by atoms with Crippen LogP contribution in [-0.4, -0.2) is 76.4 Å². The summed E-state index contributed by atoms with van der Waals surface area (Å²) in [6, 6.07) is 25.5. The van der Waals surface area contributed by atoms with E-state index in [0.717, 1.165) is 38.7 Å². The Morgan fingerprint density at radius 1 is 0.889 bits per heavy atom. The maximum absolute atomic E-state index is 13.8. The van der Waals surface area contributed by atoms with Crippen LogP contribution in [0.3, 0.4) is 0 Å². The molecule has 0 saturated heterocycles. The molecule has 0 bridgehead atoms. The molecule has 63 heavy (non-hydrogen) atoms. The van der Waals surface area contributed by atoms with Crippen LogP contribution >= 0.6 is 11.8 Å². The Morgan fingerprint density at radius 3 is 2.30 bits per heavy atom. The standard InChI is InChI=1S/C47H48N6O9S/c1-5-47(36-21-38-40-29(20-28-12-6-11-17-37(28)51-40)22-53(38)43(56)35(36)24-60-44(47)57)62-45(58)48-18-19-63-25-49-41(54)27(4)50-42(55)39(26(2)3)52-46(59)61-23-34-32-15-9-7-13-30(32)31-14-8-10-16-33(31)34/h6-17,20-21,26-27,34,39H,5,18-19,22-25H2,1-4H3,(H,48,58)(H,49,54)(H,50,55)(H,52,59)/t27-,39-,47-/m0/s1. The monoisotopic (exact) mass is 872 g/mol. The van der Waals surface area contributed by atoms with Crippen LogP contribution in [0.4, 0.5) is 9.59 Å². The Bertz CT molecular complexity index is 2660. The molecule has 3 atom stereocenters. The van der Waals surface area contributed by atoms with Gasteiger partial charge in [0.25, 0.3) is 5.56 Å². The summed E-state index contributed by atoms with van der Waals surface area (Å²) in [5, 5.41) is 11.7. The fourth-order valence-corrected chi connectivity index (χ4v) is 9.16. The van der Waals surface area contributed by atoms with Gasteiger partial charge in [0.2, 0.25) is 17.4 Å². The Hall–Kier alpha value is -6.68. The van der Waals surface area contributed by atoms with E-state index in [9.17, 15) is 28.8 Å². The summed E-state index contributed by atoms with van der Waals surface area (Å²) < 4.78 is 18.5. The Kier molecular flexibility index (Phi) is 12.3. The molecular formula is C47H48N6O9S. The Morgan fingerprint density at radius 2 is 1.59 bits per heavy atom. The van der Waals surface area contributed by atoms with Gasteiger partial charge in [-0.15, -0.1) is 11.8 Å². The van der Waals surface area contributed by atoms with E-state index in [2.05, 4.69) is 21.3 Å². The van der Waals surface area contributed by atoms with Crippen molar-refractivity contribution in [3.05, 3.63) is 123 Å². The van der Waals surface area contributed by atoms with Gasteiger partial charge in [0.1, 0.15) is 25.3 Å². The first-order valence-corrected chi connectivity index (χ1v) is 22.1. The summed E-state index contributed by atoms with van der Waals surface area (Å²) in [4.78, 5) is 84.4. The van der Waals surface area contributed by atoms with Crippen LogP contribution in [0.5, 0.6) is 0 Å². The van der Waals surface area contributed by atoms with Crippen LogP contribution in [-0.2, 0) is 47.3 Å². The molecule has 8 rings (SSSR count). The second-order valence-corrected chi connectivity index (χ2v) is 17.2. The van der Waals surface area contributed by atoms with Crippen LogP contribution in [0, 0.1) is 5.92 Å². The van der Waals surface area contributed by atoms with Gasteiger partial charge < -0.3 is 40.0 Å². The number of para-hydroxylation sites is 1. The van der Waals surface area contributed by atoms with E-state index in [1.54, 1.807) is 31.4 Å². The predicted molar refractivity (Wildman–Crippen MR) is 237 cm³/mol. The second-order valence-electron chi connectivity index (χ2n) is 16.1. The zero-order chi connectivity index (χ0) is 44.4. The number of carbonyl (C=O) groups is 5. The first-order chi connectivity index (χ1) is 30.4. The van der Waals surface area contributed by atoms with E-state index in [4.69, 9.17) is 19.2 Å². The lowest BCUT2D eigenvalue weighted by Crippen LogP contribution is -2.54. The van der Waals surface area contributed by atoms with Crippen molar-refractivity contribution < 1.29 is 38.2 Å². The number of aromatic nitrogens is 2. The minimum absolute atomic E-state index is 0.0199. The highest BCUT2D eigenvalue weighted by Gasteiger charge is 2.50. The van der Waals surface area contributed by atoms with Crippen molar-refractivity contribution in [2.24, 2.45) is 5.92 Å². The molecule has 4 amide bonds. The lowest BCUT2D eigenvalue weighted by Gasteiger charge is -2.35. The van der Waals surface area contributed by atoms with Gasteiger partial charge in [0.15, 0.2) is 0 Å². The van der Waals surface area contributed by atoms with Gasteiger partial charge in [0, 0.05) is 34.7 Å². The largest absolute Gasteiger partial charge is 0.457 e. The number of nitrogens with one attached hydrogen (secondary N) is 4. The third-order valence-corrected chi connectivity index (χ3v) is 12.7. The van der Waals surface area contributed by atoms with E-state index >= 15 is 0 Å². The van der Waals surface area contributed by atoms with Gasteiger partial charge in [-0.3, -0.25) is 14.4 Å². The third-order valence-electron chi connectivity index (χ3n) is 11.8. The number of ether oxygens (including phenoxy) is 3. The van der Waals surface area contributed by atoms with E-state index in [0.29, 0.717) is 23.7 Å². The molecule has 0 radical (unpaired) electrons. The molecule has 0 fully saturated rings. The van der Waals surface area contributed by atoms with Crippen molar-refractivity contribution in [3.63, 3.8) is 0 Å². The molecule has 4 heterocycles. The van der Waals surface area contributed by atoms with Crippen LogP contribution in [0.1, 0.15) is 67.9 Å². The van der Waals surface area contributed by atoms with Crippen LogP contribution in [0.25, 0.3) is 33.4 Å². The van der Waals surface area contributed by atoms with Gasteiger partial charge in [-0.2, -0.15) is 0 Å². The number of alkyl carbamates (subject to hydrolysis) is 2. The number of esters is 1. The second kappa shape index (κ2) is 18.0. The number of cyclic esters (lactones) is 1. The van der Waals surface area contributed by atoms with E-state index < -0.39 is 47.7 Å². The maximum Gasteiger partial charge on any atom is 0.408 e. The Balaban J connectivity index is 0.795. The van der Waals surface area contributed by atoms with E-state index in [1.165, 1.54) is 18.7 Å². The number of carbonyl (C=O) groups excluding carboxylic acids is 5. The predicted octanol–water partition coefficient (Wildman–Crippen LogP) is 5.69. The lowest BCUT2D eigenvalue weighted by molar-refractivity contribution is -0.172. The molecule has 16 heteroatoms. The van der Waals surface area contributed by atoms with Crippen molar-refractivity contribution in [1.82, 2.24) is 30.8 Å². The number of thioether (sulfide) groups is 1. The summed E-state index contributed by atoms with van der Waals surface area (Å²) >= 11 is 1.31. The molecule has 0 spiro atoms. The highest BCUT2D eigenvalue weighted by Crippen LogP contribution is 2.45. The minimum Gasteiger partial charge on any atom is -0.457 e. The minimum atomic E-state index is -1.85.